The van der Waals surface area contributed by atoms with Crippen LogP contribution in [0, 0.1) is 5.92 Å². The lowest BCUT2D eigenvalue weighted by Gasteiger charge is -2.21. The molecule has 112 valence electrons. The molecule has 1 aromatic rings. The van der Waals surface area contributed by atoms with Crippen molar-refractivity contribution < 1.29 is 8.95 Å². The second-order valence-corrected chi connectivity index (χ2v) is 7.18. The number of benzene rings is 1. The van der Waals surface area contributed by atoms with E-state index in [0.717, 1.165) is 36.5 Å². The number of nitrogens with one attached hydrogen (secondary N) is 1. The van der Waals surface area contributed by atoms with E-state index in [1.54, 1.807) is 7.11 Å². The molecule has 0 aromatic heterocycles. The van der Waals surface area contributed by atoms with Crippen LogP contribution in [0.3, 0.4) is 0 Å². The molecule has 0 radical (unpaired) electrons. The Kier molecular flexibility index (Phi) is 5.61. The fourth-order valence-corrected chi connectivity index (χ4v) is 4.67. The Bertz CT molecular complexity index is 464. The summed E-state index contributed by atoms with van der Waals surface area (Å²) in [6.07, 6.45) is 3.31. The standard InChI is InChI=1S/C16H25NO2S/c1-4-10-17-15-8-9-16(12(15)2)20(18)14-7-5-6-13(11-14)19-3/h5-7,11-12,15-17H,4,8-10H2,1-3H3. The van der Waals surface area contributed by atoms with E-state index in [9.17, 15) is 4.21 Å². The molecule has 0 aliphatic heterocycles. The first-order valence-electron chi connectivity index (χ1n) is 7.45. The summed E-state index contributed by atoms with van der Waals surface area (Å²) in [7, 11) is 0.697. The molecule has 0 heterocycles. The van der Waals surface area contributed by atoms with Gasteiger partial charge in [0, 0.05) is 16.2 Å². The first-order chi connectivity index (χ1) is 9.67. The van der Waals surface area contributed by atoms with Crippen LogP contribution in [0.5, 0.6) is 5.75 Å². The van der Waals surface area contributed by atoms with Gasteiger partial charge in [-0.2, -0.15) is 0 Å². The number of ether oxygens (including phenoxy) is 1. The van der Waals surface area contributed by atoms with Crippen LogP contribution in [0.15, 0.2) is 29.2 Å². The van der Waals surface area contributed by atoms with Gasteiger partial charge in [-0.05, 0) is 49.9 Å². The van der Waals surface area contributed by atoms with E-state index in [1.807, 2.05) is 24.3 Å². The molecule has 0 spiro atoms. The highest BCUT2D eigenvalue weighted by molar-refractivity contribution is 7.85. The van der Waals surface area contributed by atoms with Crippen LogP contribution in [-0.4, -0.2) is 29.2 Å². The maximum absolute atomic E-state index is 12.8. The second kappa shape index (κ2) is 7.23. The lowest BCUT2D eigenvalue weighted by atomic mass is 10.1. The van der Waals surface area contributed by atoms with E-state index < -0.39 is 10.8 Å². The van der Waals surface area contributed by atoms with Crippen molar-refractivity contribution in [2.45, 2.75) is 49.3 Å². The fourth-order valence-electron chi connectivity index (χ4n) is 2.95. The quantitative estimate of drug-likeness (QED) is 0.877. The lowest BCUT2D eigenvalue weighted by molar-refractivity contribution is 0.413. The summed E-state index contributed by atoms with van der Waals surface area (Å²) in [5.41, 5.74) is 0. The molecule has 1 fully saturated rings. The van der Waals surface area contributed by atoms with Gasteiger partial charge in [0.25, 0.3) is 0 Å². The number of hydrogen-bond acceptors (Lipinski definition) is 3. The Hall–Kier alpha value is -0.870. The van der Waals surface area contributed by atoms with Gasteiger partial charge >= 0.3 is 0 Å². The Labute approximate surface area is 124 Å². The summed E-state index contributed by atoms with van der Waals surface area (Å²) < 4.78 is 18.0. The minimum absolute atomic E-state index is 0.247. The first-order valence-corrected chi connectivity index (χ1v) is 8.66. The maximum atomic E-state index is 12.8. The molecule has 0 bridgehead atoms. The highest BCUT2D eigenvalue weighted by Crippen LogP contribution is 2.33. The van der Waals surface area contributed by atoms with E-state index in [2.05, 4.69) is 19.2 Å². The van der Waals surface area contributed by atoms with E-state index in [1.165, 1.54) is 0 Å². The average Bonchev–Trinajstić information content (AvgIpc) is 2.85. The molecule has 1 aromatic carbocycles. The summed E-state index contributed by atoms with van der Waals surface area (Å²) in [6.45, 7) is 5.45. The van der Waals surface area contributed by atoms with Gasteiger partial charge in [-0.1, -0.05) is 19.9 Å². The Morgan fingerprint density at radius 3 is 2.90 bits per heavy atom. The third-order valence-electron chi connectivity index (χ3n) is 4.19. The average molecular weight is 295 g/mol. The van der Waals surface area contributed by atoms with E-state index in [4.69, 9.17) is 4.74 Å². The molecular weight excluding hydrogens is 270 g/mol. The highest BCUT2D eigenvalue weighted by Gasteiger charge is 2.36. The minimum Gasteiger partial charge on any atom is -0.497 e. The molecule has 0 saturated heterocycles. The van der Waals surface area contributed by atoms with Crippen LogP contribution in [0.25, 0.3) is 0 Å². The summed E-state index contributed by atoms with van der Waals surface area (Å²) in [5.74, 6) is 1.23. The Balaban J connectivity index is 2.06. The highest BCUT2D eigenvalue weighted by atomic mass is 32.2. The van der Waals surface area contributed by atoms with Crippen LogP contribution >= 0.6 is 0 Å². The van der Waals surface area contributed by atoms with Crippen molar-refractivity contribution in [1.82, 2.24) is 5.32 Å². The molecule has 1 aliphatic carbocycles. The van der Waals surface area contributed by atoms with Crippen molar-refractivity contribution in [2.75, 3.05) is 13.7 Å². The van der Waals surface area contributed by atoms with Gasteiger partial charge in [-0.25, -0.2) is 0 Å². The predicted molar refractivity (Wildman–Crippen MR) is 83.7 cm³/mol. The molecule has 4 unspecified atom stereocenters. The van der Waals surface area contributed by atoms with Gasteiger partial charge in [0.15, 0.2) is 0 Å². The largest absolute Gasteiger partial charge is 0.497 e. The summed E-state index contributed by atoms with van der Waals surface area (Å²) in [6, 6.07) is 8.16. The summed E-state index contributed by atoms with van der Waals surface area (Å²) in [4.78, 5) is 0.886. The molecule has 4 heteroatoms. The van der Waals surface area contributed by atoms with Crippen LogP contribution in [-0.2, 0) is 10.8 Å². The fraction of sp³-hybridized carbons (Fsp3) is 0.625. The van der Waals surface area contributed by atoms with Crippen LogP contribution < -0.4 is 10.1 Å². The monoisotopic (exact) mass is 295 g/mol. The normalized spacial score (nSPS) is 27.4. The van der Waals surface area contributed by atoms with Crippen molar-refractivity contribution in [3.05, 3.63) is 24.3 Å². The number of hydrogen-bond donors (Lipinski definition) is 1. The molecule has 1 N–H and O–H groups in total. The van der Waals surface area contributed by atoms with Crippen molar-refractivity contribution in [2.24, 2.45) is 5.92 Å². The third-order valence-corrected chi connectivity index (χ3v) is 6.12. The third kappa shape index (κ3) is 3.41. The Morgan fingerprint density at radius 1 is 1.40 bits per heavy atom. The molecule has 20 heavy (non-hydrogen) atoms. The zero-order valence-corrected chi connectivity index (χ0v) is 13.4. The van der Waals surface area contributed by atoms with Crippen molar-refractivity contribution >= 4 is 10.8 Å². The predicted octanol–water partition coefficient (Wildman–Crippen LogP) is 2.97. The molecule has 1 aliphatic rings. The smallest absolute Gasteiger partial charge is 0.120 e. The zero-order chi connectivity index (χ0) is 14.5. The lowest BCUT2D eigenvalue weighted by Crippen LogP contribution is -2.35. The number of rotatable bonds is 6. The van der Waals surface area contributed by atoms with E-state index in [-0.39, 0.29) is 5.25 Å². The molecule has 0 amide bonds. The Morgan fingerprint density at radius 2 is 2.20 bits per heavy atom. The minimum atomic E-state index is -0.947. The zero-order valence-electron chi connectivity index (χ0n) is 12.6. The summed E-state index contributed by atoms with van der Waals surface area (Å²) in [5, 5.41) is 3.83. The maximum Gasteiger partial charge on any atom is 0.120 e. The van der Waals surface area contributed by atoms with Crippen LogP contribution in [0.2, 0.25) is 0 Å². The van der Waals surface area contributed by atoms with Crippen molar-refractivity contribution in [3.63, 3.8) is 0 Å². The van der Waals surface area contributed by atoms with Gasteiger partial charge in [-0.3, -0.25) is 4.21 Å². The van der Waals surface area contributed by atoms with Gasteiger partial charge in [0.05, 0.1) is 17.9 Å². The van der Waals surface area contributed by atoms with E-state index >= 15 is 0 Å². The number of methoxy groups -OCH3 is 1. The van der Waals surface area contributed by atoms with Gasteiger partial charge in [0.1, 0.15) is 5.75 Å². The molecule has 4 atom stereocenters. The topological polar surface area (TPSA) is 38.3 Å². The van der Waals surface area contributed by atoms with Crippen molar-refractivity contribution in [3.8, 4) is 5.75 Å². The molecule has 3 nitrogen and oxygen atoms in total. The second-order valence-electron chi connectivity index (χ2n) is 5.51. The molecule has 2 rings (SSSR count). The molecule has 1 saturated carbocycles. The van der Waals surface area contributed by atoms with Crippen LogP contribution in [0.4, 0.5) is 0 Å². The molecular formula is C16H25NO2S. The van der Waals surface area contributed by atoms with Crippen molar-refractivity contribution in [1.29, 1.82) is 0 Å². The van der Waals surface area contributed by atoms with E-state index in [0.29, 0.717) is 12.0 Å². The summed E-state index contributed by atoms with van der Waals surface area (Å²) >= 11 is 0. The van der Waals surface area contributed by atoms with Gasteiger partial charge < -0.3 is 10.1 Å². The van der Waals surface area contributed by atoms with Gasteiger partial charge in [-0.15, -0.1) is 0 Å². The SMILES string of the molecule is CCCNC1CCC(S(=O)c2cccc(OC)c2)C1C. The first kappa shape index (κ1) is 15.5. The van der Waals surface area contributed by atoms with Gasteiger partial charge in [0.2, 0.25) is 0 Å². The van der Waals surface area contributed by atoms with Crippen LogP contribution in [0.1, 0.15) is 33.1 Å².